The molecule has 1 aliphatic heterocycles. The van der Waals surface area contributed by atoms with Gasteiger partial charge in [-0.15, -0.1) is 0 Å². The monoisotopic (exact) mass is 453 g/mol. The van der Waals surface area contributed by atoms with Gasteiger partial charge in [0, 0.05) is 18.8 Å². The molecule has 1 saturated heterocycles. The van der Waals surface area contributed by atoms with Crippen LogP contribution in [0.4, 0.5) is 11.4 Å². The highest BCUT2D eigenvalue weighted by atomic mass is 35.5. The van der Waals surface area contributed by atoms with E-state index in [-0.39, 0.29) is 22.2 Å². The fraction of sp³-hybridized carbons (Fsp3) is 0.421. The summed E-state index contributed by atoms with van der Waals surface area (Å²) in [6.45, 7) is 2.31. The molecule has 1 fully saturated rings. The SMILES string of the molecule is Cc1ccc(NC(=O)Cn2ncc(Cl)c(N)c2=O)cc1S(=O)(=O)N1CCCCCC1. The first kappa shape index (κ1) is 22.3. The number of aryl methyl sites for hydroxylation is 1. The Kier molecular flexibility index (Phi) is 6.79. The Morgan fingerprint density at radius 1 is 1.23 bits per heavy atom. The largest absolute Gasteiger partial charge is 0.393 e. The number of nitrogen functional groups attached to an aromatic ring is 1. The van der Waals surface area contributed by atoms with Crippen LogP contribution in [-0.2, 0) is 21.4 Å². The van der Waals surface area contributed by atoms with Gasteiger partial charge in [-0.3, -0.25) is 9.59 Å². The van der Waals surface area contributed by atoms with Gasteiger partial charge < -0.3 is 11.1 Å². The molecule has 0 unspecified atom stereocenters. The molecule has 30 heavy (non-hydrogen) atoms. The predicted octanol–water partition coefficient (Wildman–Crippen LogP) is 1.99. The summed E-state index contributed by atoms with van der Waals surface area (Å²) in [5, 5.41) is 6.41. The number of anilines is 2. The molecule has 3 rings (SSSR count). The van der Waals surface area contributed by atoms with Gasteiger partial charge in [-0.05, 0) is 37.5 Å². The van der Waals surface area contributed by atoms with E-state index in [1.807, 2.05) is 0 Å². The summed E-state index contributed by atoms with van der Waals surface area (Å²) < 4.78 is 28.7. The molecule has 0 atom stereocenters. The smallest absolute Gasteiger partial charge is 0.291 e. The minimum atomic E-state index is -3.67. The molecule has 2 heterocycles. The third-order valence-electron chi connectivity index (χ3n) is 4.98. The molecule has 1 aliphatic rings. The summed E-state index contributed by atoms with van der Waals surface area (Å²) in [7, 11) is -3.67. The number of nitrogens with two attached hydrogens (primary N) is 1. The summed E-state index contributed by atoms with van der Waals surface area (Å²) in [5.74, 6) is -0.548. The number of carbonyl (C=O) groups excluding carboxylic acids is 1. The summed E-state index contributed by atoms with van der Waals surface area (Å²) in [6.07, 6.45) is 4.89. The van der Waals surface area contributed by atoms with Gasteiger partial charge in [-0.2, -0.15) is 9.40 Å². The van der Waals surface area contributed by atoms with Crippen molar-refractivity contribution in [1.29, 1.82) is 0 Å². The highest BCUT2D eigenvalue weighted by molar-refractivity contribution is 7.89. The van der Waals surface area contributed by atoms with Gasteiger partial charge >= 0.3 is 0 Å². The van der Waals surface area contributed by atoms with Crippen molar-refractivity contribution < 1.29 is 13.2 Å². The zero-order valence-electron chi connectivity index (χ0n) is 16.6. The van der Waals surface area contributed by atoms with E-state index in [0.717, 1.165) is 30.4 Å². The number of halogens is 1. The third kappa shape index (κ3) is 4.82. The molecule has 0 bridgehead atoms. The minimum absolute atomic E-state index is 0.0125. The molecule has 162 valence electrons. The lowest BCUT2D eigenvalue weighted by molar-refractivity contribution is -0.117. The van der Waals surface area contributed by atoms with Gasteiger partial charge in [0.25, 0.3) is 5.56 Å². The second kappa shape index (κ2) is 9.15. The Balaban J connectivity index is 1.80. The van der Waals surface area contributed by atoms with Gasteiger partial charge in [-0.25, -0.2) is 13.1 Å². The maximum absolute atomic E-state index is 13.1. The van der Waals surface area contributed by atoms with Crippen molar-refractivity contribution in [3.63, 3.8) is 0 Å². The van der Waals surface area contributed by atoms with Crippen molar-refractivity contribution >= 4 is 38.9 Å². The molecule has 1 amide bonds. The van der Waals surface area contributed by atoms with Crippen LogP contribution in [-0.4, -0.2) is 41.5 Å². The standard InChI is InChI=1S/C19H24ClN5O4S/c1-13-6-7-14(10-16(13)30(28,29)24-8-4-2-3-5-9-24)23-17(26)12-25-19(27)18(21)15(20)11-22-25/h6-7,10-11H,2-5,8-9,12,21H2,1H3,(H,23,26). The number of aromatic nitrogens is 2. The van der Waals surface area contributed by atoms with Crippen LogP contribution in [0.5, 0.6) is 0 Å². The maximum atomic E-state index is 13.1. The second-order valence-electron chi connectivity index (χ2n) is 7.22. The van der Waals surface area contributed by atoms with Crippen molar-refractivity contribution in [1.82, 2.24) is 14.1 Å². The lowest BCUT2D eigenvalue weighted by Gasteiger charge is -2.21. The van der Waals surface area contributed by atoms with Crippen LogP contribution >= 0.6 is 11.6 Å². The van der Waals surface area contributed by atoms with E-state index in [0.29, 0.717) is 24.3 Å². The van der Waals surface area contributed by atoms with Crippen molar-refractivity contribution in [2.24, 2.45) is 0 Å². The lowest BCUT2D eigenvalue weighted by atomic mass is 10.2. The first-order valence-electron chi connectivity index (χ1n) is 9.62. The zero-order chi connectivity index (χ0) is 21.9. The van der Waals surface area contributed by atoms with Gasteiger partial charge in [0.1, 0.15) is 12.2 Å². The molecule has 0 radical (unpaired) electrons. The van der Waals surface area contributed by atoms with Crippen molar-refractivity contribution in [3.8, 4) is 0 Å². The van der Waals surface area contributed by atoms with E-state index in [9.17, 15) is 18.0 Å². The fourth-order valence-electron chi connectivity index (χ4n) is 3.31. The van der Waals surface area contributed by atoms with Crippen LogP contribution in [0, 0.1) is 6.92 Å². The van der Waals surface area contributed by atoms with Crippen LogP contribution in [0.2, 0.25) is 5.02 Å². The number of sulfonamides is 1. The van der Waals surface area contributed by atoms with E-state index >= 15 is 0 Å². The first-order chi connectivity index (χ1) is 14.2. The number of carbonyl (C=O) groups is 1. The molecule has 1 aromatic carbocycles. The molecular formula is C19H24ClN5O4S. The molecule has 1 aromatic heterocycles. The molecule has 9 nitrogen and oxygen atoms in total. The third-order valence-corrected chi connectivity index (χ3v) is 7.32. The Morgan fingerprint density at radius 3 is 2.57 bits per heavy atom. The van der Waals surface area contributed by atoms with Crippen LogP contribution in [0.15, 0.2) is 34.1 Å². The summed E-state index contributed by atoms with van der Waals surface area (Å²) in [5.41, 5.74) is 5.61. The number of hydrogen-bond donors (Lipinski definition) is 2. The van der Waals surface area contributed by atoms with Gasteiger partial charge in [-0.1, -0.05) is 30.5 Å². The second-order valence-corrected chi connectivity index (χ2v) is 9.53. The Hall–Kier alpha value is -2.43. The number of hydrogen-bond acceptors (Lipinski definition) is 6. The fourth-order valence-corrected chi connectivity index (χ4v) is 5.20. The topological polar surface area (TPSA) is 127 Å². The van der Waals surface area contributed by atoms with Crippen LogP contribution in [0.25, 0.3) is 0 Å². The Labute approximate surface area is 179 Å². The molecule has 11 heteroatoms. The zero-order valence-corrected chi connectivity index (χ0v) is 18.2. The number of benzene rings is 1. The van der Waals surface area contributed by atoms with Crippen LogP contribution < -0.4 is 16.6 Å². The van der Waals surface area contributed by atoms with Crippen LogP contribution in [0.1, 0.15) is 31.2 Å². The normalized spacial score (nSPS) is 15.5. The highest BCUT2D eigenvalue weighted by Gasteiger charge is 2.27. The number of amides is 1. The summed E-state index contributed by atoms with van der Waals surface area (Å²) in [4.78, 5) is 24.6. The number of rotatable bonds is 5. The maximum Gasteiger partial charge on any atom is 0.291 e. The predicted molar refractivity (Wildman–Crippen MR) is 115 cm³/mol. The Morgan fingerprint density at radius 2 is 1.90 bits per heavy atom. The minimum Gasteiger partial charge on any atom is -0.393 e. The van der Waals surface area contributed by atoms with Crippen molar-refractivity contribution in [2.45, 2.75) is 44.0 Å². The van der Waals surface area contributed by atoms with Gasteiger partial charge in [0.2, 0.25) is 15.9 Å². The molecule has 3 N–H and O–H groups in total. The van der Waals surface area contributed by atoms with Crippen molar-refractivity contribution in [2.75, 3.05) is 24.1 Å². The van der Waals surface area contributed by atoms with E-state index in [4.69, 9.17) is 17.3 Å². The highest BCUT2D eigenvalue weighted by Crippen LogP contribution is 2.25. The van der Waals surface area contributed by atoms with E-state index in [2.05, 4.69) is 10.4 Å². The molecule has 0 saturated carbocycles. The van der Waals surface area contributed by atoms with Gasteiger partial charge in [0.05, 0.1) is 16.1 Å². The van der Waals surface area contributed by atoms with E-state index in [1.54, 1.807) is 19.1 Å². The quantitative estimate of drug-likeness (QED) is 0.712. The average molecular weight is 454 g/mol. The number of nitrogens with one attached hydrogen (secondary N) is 1. The van der Waals surface area contributed by atoms with Crippen molar-refractivity contribution in [3.05, 3.63) is 45.3 Å². The number of nitrogens with zero attached hydrogens (tertiary/aromatic N) is 3. The average Bonchev–Trinajstić information content (AvgIpc) is 3.00. The molecular weight excluding hydrogens is 430 g/mol. The van der Waals surface area contributed by atoms with E-state index in [1.165, 1.54) is 16.6 Å². The Bertz CT molecular complexity index is 1110. The van der Waals surface area contributed by atoms with Gasteiger partial charge in [0.15, 0.2) is 0 Å². The molecule has 2 aromatic rings. The molecule has 0 aliphatic carbocycles. The molecule has 0 spiro atoms. The summed E-state index contributed by atoms with van der Waals surface area (Å²) >= 11 is 5.74. The van der Waals surface area contributed by atoms with E-state index < -0.39 is 21.5 Å². The lowest BCUT2D eigenvalue weighted by Crippen LogP contribution is -2.32. The first-order valence-corrected chi connectivity index (χ1v) is 11.4. The van der Waals surface area contributed by atoms with Crippen LogP contribution in [0.3, 0.4) is 0 Å². The summed E-state index contributed by atoms with van der Waals surface area (Å²) in [6, 6.07) is 4.70.